The van der Waals surface area contributed by atoms with Gasteiger partial charge in [0.1, 0.15) is 0 Å². The zero-order valence-electron chi connectivity index (χ0n) is 10.6. The molecule has 0 nitrogen and oxygen atoms in total. The van der Waals surface area contributed by atoms with Crippen LogP contribution in [0.4, 0.5) is 0 Å². The first-order valence-electron chi connectivity index (χ1n) is 6.68. The Morgan fingerprint density at radius 1 is 0.789 bits per heavy atom. The van der Waals surface area contributed by atoms with E-state index in [-0.39, 0.29) is 0 Å². The monoisotopic (exact) mass is 242 g/mol. The summed E-state index contributed by atoms with van der Waals surface area (Å²) in [5.74, 6) is 0.404. The van der Waals surface area contributed by atoms with E-state index in [1.807, 2.05) is 0 Å². The molecule has 0 spiro atoms. The van der Waals surface area contributed by atoms with E-state index in [1.54, 1.807) is 0 Å². The topological polar surface area (TPSA) is 0 Å². The van der Waals surface area contributed by atoms with Gasteiger partial charge in [0.25, 0.3) is 0 Å². The summed E-state index contributed by atoms with van der Waals surface area (Å²) in [4.78, 5) is 0. The van der Waals surface area contributed by atoms with Gasteiger partial charge in [-0.2, -0.15) is 0 Å². The maximum absolute atomic E-state index is 2.28. The molecular formula is C19H14. The number of hydrogen-bond donors (Lipinski definition) is 0. The van der Waals surface area contributed by atoms with Gasteiger partial charge >= 0.3 is 0 Å². The van der Waals surface area contributed by atoms with E-state index < -0.39 is 0 Å². The first-order chi connectivity index (χ1) is 9.43. The normalized spacial score (nSPS) is 26.3. The van der Waals surface area contributed by atoms with Gasteiger partial charge in [-0.3, -0.25) is 0 Å². The van der Waals surface area contributed by atoms with Crippen LogP contribution >= 0.6 is 0 Å². The van der Waals surface area contributed by atoms with Gasteiger partial charge in [-0.05, 0) is 27.8 Å². The Hall–Kier alpha value is -2.34. The van der Waals surface area contributed by atoms with E-state index in [9.17, 15) is 0 Å². The van der Waals surface area contributed by atoms with Gasteiger partial charge in [0.15, 0.2) is 0 Å². The highest BCUT2D eigenvalue weighted by Gasteiger charge is 2.22. The fourth-order valence-electron chi connectivity index (χ4n) is 3.03. The molecule has 3 aliphatic rings. The first-order valence-corrected chi connectivity index (χ1v) is 6.68. The number of fused-ring (bicyclic) bond motifs is 2. The smallest absolute Gasteiger partial charge is 0.0278 e. The van der Waals surface area contributed by atoms with E-state index in [1.165, 1.54) is 27.8 Å². The summed E-state index contributed by atoms with van der Waals surface area (Å²) < 4.78 is 0. The van der Waals surface area contributed by atoms with Crippen molar-refractivity contribution >= 4 is 11.6 Å². The molecular weight excluding hydrogens is 228 g/mol. The largest absolute Gasteiger partial charge is 0.0726 e. The van der Waals surface area contributed by atoms with Crippen LogP contribution in [0.1, 0.15) is 11.1 Å². The molecule has 0 amide bonds. The second-order valence-electron chi connectivity index (χ2n) is 5.04. The minimum absolute atomic E-state index is 0.404. The van der Waals surface area contributed by atoms with Gasteiger partial charge in [0.05, 0.1) is 0 Å². The summed E-state index contributed by atoms with van der Waals surface area (Å²) >= 11 is 0. The number of hydrogen-bond acceptors (Lipinski definition) is 0. The zero-order valence-corrected chi connectivity index (χ0v) is 10.6. The fourth-order valence-corrected chi connectivity index (χ4v) is 3.03. The molecule has 0 radical (unpaired) electrons. The van der Waals surface area contributed by atoms with Crippen LogP contribution in [0.25, 0.3) is 11.6 Å². The second kappa shape index (κ2) is 4.10. The predicted molar refractivity (Wildman–Crippen MR) is 81.4 cm³/mol. The van der Waals surface area contributed by atoms with E-state index in [2.05, 4.69) is 78.9 Å². The number of allylic oxidation sites excluding steroid dienone is 11. The summed E-state index contributed by atoms with van der Waals surface area (Å²) in [6.07, 6.45) is 19.8. The molecule has 4 rings (SSSR count). The van der Waals surface area contributed by atoms with Crippen LogP contribution in [0, 0.1) is 5.92 Å². The highest BCUT2D eigenvalue weighted by atomic mass is 14.3. The summed E-state index contributed by atoms with van der Waals surface area (Å²) in [7, 11) is 0. The maximum atomic E-state index is 2.28. The van der Waals surface area contributed by atoms with Crippen LogP contribution in [0.5, 0.6) is 0 Å². The van der Waals surface area contributed by atoms with Crippen molar-refractivity contribution < 1.29 is 0 Å². The Bertz CT molecular complexity index is 718. The Balaban J connectivity index is 1.90. The van der Waals surface area contributed by atoms with Crippen molar-refractivity contribution in [2.75, 3.05) is 0 Å². The molecule has 0 N–H and O–H groups in total. The molecule has 0 saturated heterocycles. The minimum Gasteiger partial charge on any atom is -0.0726 e. The van der Waals surface area contributed by atoms with Crippen molar-refractivity contribution in [3.05, 3.63) is 95.1 Å². The molecule has 1 atom stereocenters. The molecule has 0 aromatic heterocycles. The van der Waals surface area contributed by atoms with E-state index in [0.29, 0.717) is 5.92 Å². The number of benzene rings is 1. The lowest BCUT2D eigenvalue weighted by Crippen LogP contribution is -2.08. The molecule has 90 valence electrons. The van der Waals surface area contributed by atoms with Crippen LogP contribution in [-0.4, -0.2) is 0 Å². The zero-order chi connectivity index (χ0) is 12.7. The third-order valence-corrected chi connectivity index (χ3v) is 3.95. The lowest BCUT2D eigenvalue weighted by atomic mass is 9.81. The Labute approximate surface area is 113 Å². The highest BCUT2D eigenvalue weighted by molar-refractivity contribution is 5.93. The van der Waals surface area contributed by atoms with E-state index in [4.69, 9.17) is 0 Å². The average Bonchev–Trinajstić information content (AvgIpc) is 2.90. The van der Waals surface area contributed by atoms with Gasteiger partial charge < -0.3 is 0 Å². The summed E-state index contributed by atoms with van der Waals surface area (Å²) in [5.41, 5.74) is 6.82. The maximum Gasteiger partial charge on any atom is 0.0278 e. The van der Waals surface area contributed by atoms with Crippen LogP contribution in [0.2, 0.25) is 0 Å². The van der Waals surface area contributed by atoms with E-state index in [0.717, 1.165) is 0 Å². The Morgan fingerprint density at radius 3 is 2.74 bits per heavy atom. The van der Waals surface area contributed by atoms with Gasteiger partial charge in [-0.25, -0.2) is 0 Å². The SMILES string of the molecule is C1=CC2=CC=CC(=C3C=Cc4ccccc43)C2C=C1. The molecule has 0 bridgehead atoms. The summed E-state index contributed by atoms with van der Waals surface area (Å²) in [6.45, 7) is 0. The highest BCUT2D eigenvalue weighted by Crippen LogP contribution is 2.39. The van der Waals surface area contributed by atoms with Gasteiger partial charge in [0, 0.05) is 5.92 Å². The van der Waals surface area contributed by atoms with Crippen LogP contribution < -0.4 is 0 Å². The van der Waals surface area contributed by atoms with Crippen molar-refractivity contribution in [1.82, 2.24) is 0 Å². The van der Waals surface area contributed by atoms with Crippen molar-refractivity contribution in [2.24, 2.45) is 5.92 Å². The molecule has 1 unspecified atom stereocenters. The van der Waals surface area contributed by atoms with Gasteiger partial charge in [-0.1, -0.05) is 78.9 Å². The molecule has 0 aliphatic heterocycles. The van der Waals surface area contributed by atoms with E-state index >= 15 is 0 Å². The summed E-state index contributed by atoms with van der Waals surface area (Å²) in [6, 6.07) is 8.61. The lowest BCUT2D eigenvalue weighted by molar-refractivity contribution is 0.936. The van der Waals surface area contributed by atoms with Gasteiger partial charge in [0.2, 0.25) is 0 Å². The summed E-state index contributed by atoms with van der Waals surface area (Å²) in [5, 5.41) is 0. The van der Waals surface area contributed by atoms with Gasteiger partial charge in [-0.15, -0.1) is 0 Å². The van der Waals surface area contributed by atoms with Crippen molar-refractivity contribution in [2.45, 2.75) is 0 Å². The quantitative estimate of drug-likeness (QED) is 0.618. The van der Waals surface area contributed by atoms with Crippen LogP contribution in [0.3, 0.4) is 0 Å². The fraction of sp³-hybridized carbons (Fsp3) is 0.0526. The average molecular weight is 242 g/mol. The third-order valence-electron chi connectivity index (χ3n) is 3.95. The minimum atomic E-state index is 0.404. The van der Waals surface area contributed by atoms with Crippen molar-refractivity contribution in [1.29, 1.82) is 0 Å². The molecule has 19 heavy (non-hydrogen) atoms. The molecule has 1 aromatic carbocycles. The first kappa shape index (κ1) is 10.6. The van der Waals surface area contributed by atoms with Crippen LogP contribution in [-0.2, 0) is 0 Å². The number of rotatable bonds is 0. The van der Waals surface area contributed by atoms with Crippen molar-refractivity contribution in [3.8, 4) is 0 Å². The van der Waals surface area contributed by atoms with Crippen molar-refractivity contribution in [3.63, 3.8) is 0 Å². The second-order valence-corrected chi connectivity index (χ2v) is 5.04. The molecule has 0 heterocycles. The molecule has 0 heteroatoms. The lowest BCUT2D eigenvalue weighted by Gasteiger charge is -2.23. The third kappa shape index (κ3) is 1.61. The molecule has 0 saturated carbocycles. The predicted octanol–water partition coefficient (Wildman–Crippen LogP) is 4.71. The molecule has 0 fully saturated rings. The standard InChI is InChI=1S/C19H14/c1-3-9-16-14(6-1)8-5-11-18(16)19-13-12-15-7-2-4-10-17(15)19/h1-13,16H. The van der Waals surface area contributed by atoms with Crippen LogP contribution in [0.15, 0.2) is 84.0 Å². The Kier molecular flexibility index (Phi) is 2.28. The Morgan fingerprint density at radius 2 is 1.74 bits per heavy atom. The molecule has 3 aliphatic carbocycles. The molecule has 1 aromatic rings.